The Balaban J connectivity index is 0. The largest absolute Gasteiger partial charge is 0.273 e. The number of halogens is 1. The van der Waals surface area contributed by atoms with Gasteiger partial charge < -0.3 is 0 Å². The Hall–Kier alpha value is 1.05. The van der Waals surface area contributed by atoms with Gasteiger partial charge in [-0.2, -0.15) is 5.38 Å². The molecule has 1 aromatic heterocycles. The Labute approximate surface area is 77.1 Å². The van der Waals surface area contributed by atoms with E-state index in [2.05, 4.69) is 6.07 Å². The van der Waals surface area contributed by atoms with Gasteiger partial charge in [0.1, 0.15) is 0 Å². The van der Waals surface area contributed by atoms with Crippen LogP contribution in [0, 0.1) is 6.07 Å². The summed E-state index contributed by atoms with van der Waals surface area (Å²) in [5.74, 6) is 0. The predicted octanol–water partition coefficient (Wildman–Crippen LogP) is 2.16. The third-order valence-corrected chi connectivity index (χ3v) is 0.944. The van der Waals surface area contributed by atoms with E-state index >= 15 is 0 Å². The fourth-order valence-corrected chi connectivity index (χ4v) is 0.589. The first-order valence-electron chi connectivity index (χ1n) is 1.38. The molecule has 0 radical (unpaired) electrons. The van der Waals surface area contributed by atoms with Crippen LogP contribution in [0.2, 0.25) is 0 Å². The molecule has 0 spiro atoms. The fraction of sp³-hybridized carbons (Fsp3) is 0. The zero-order valence-corrected chi connectivity index (χ0v) is 9.87. The molecule has 0 aliphatic rings. The molecule has 1 heterocycles. The van der Waals surface area contributed by atoms with Gasteiger partial charge in [-0.15, -0.1) is 29.4 Å². The molecule has 0 aromatic carbocycles. The van der Waals surface area contributed by atoms with Gasteiger partial charge in [0.15, 0.2) is 0 Å². The average molecular weight is 276 g/mol. The number of rotatable bonds is 0. The molecule has 7 heavy (non-hydrogen) atoms. The van der Waals surface area contributed by atoms with Crippen LogP contribution in [-0.4, -0.2) is 0 Å². The minimum Gasteiger partial charge on any atom is -0.273 e. The standard InChI is InChI=1S/C4H3S.HI.Zn/c1-2-4-5-3-1;;/h1,3-4H;1H;/q-1;;. The summed E-state index contributed by atoms with van der Waals surface area (Å²) in [4.78, 5) is 0. The van der Waals surface area contributed by atoms with Crippen LogP contribution < -0.4 is 0 Å². The van der Waals surface area contributed by atoms with Crippen LogP contribution in [-0.2, 0) is 19.5 Å². The second kappa shape index (κ2) is 7.05. The van der Waals surface area contributed by atoms with Gasteiger partial charge in [0.05, 0.1) is 0 Å². The average Bonchev–Trinajstić information content (AvgIpc) is 1.76. The van der Waals surface area contributed by atoms with Crippen molar-refractivity contribution in [1.82, 2.24) is 0 Å². The van der Waals surface area contributed by atoms with Crippen molar-refractivity contribution in [3.8, 4) is 0 Å². The van der Waals surface area contributed by atoms with Crippen LogP contribution in [0.25, 0.3) is 0 Å². The number of hydrogen-bond donors (Lipinski definition) is 0. The van der Waals surface area contributed by atoms with Crippen molar-refractivity contribution in [2.75, 3.05) is 0 Å². The first-order valence-corrected chi connectivity index (χ1v) is 2.32. The molecule has 0 aliphatic heterocycles. The first-order chi connectivity index (χ1) is 2.50. The SMILES string of the molecule is I.[Zn].[c-]1ccsc1. The zero-order valence-electron chi connectivity index (χ0n) is 3.76. The molecule has 0 bridgehead atoms. The molecule has 0 saturated heterocycles. The van der Waals surface area contributed by atoms with Crippen LogP contribution in [0.15, 0.2) is 16.8 Å². The summed E-state index contributed by atoms with van der Waals surface area (Å²) in [7, 11) is 0. The van der Waals surface area contributed by atoms with Crippen LogP contribution in [0.5, 0.6) is 0 Å². The van der Waals surface area contributed by atoms with Crippen LogP contribution in [0.1, 0.15) is 0 Å². The topological polar surface area (TPSA) is 0 Å². The normalized spacial score (nSPS) is 5.71. The molecule has 1 rings (SSSR count). The summed E-state index contributed by atoms with van der Waals surface area (Å²) >= 11 is 1.66. The molecule has 0 N–H and O–H groups in total. The predicted molar refractivity (Wildman–Crippen MR) is 38.6 cm³/mol. The molecule has 1 aromatic rings. The summed E-state index contributed by atoms with van der Waals surface area (Å²) in [5, 5.41) is 3.90. The summed E-state index contributed by atoms with van der Waals surface area (Å²) in [5.41, 5.74) is 0. The van der Waals surface area contributed by atoms with Gasteiger partial charge >= 0.3 is 0 Å². The number of thiophene rings is 1. The van der Waals surface area contributed by atoms with Crippen LogP contribution >= 0.6 is 35.3 Å². The van der Waals surface area contributed by atoms with Crippen molar-refractivity contribution < 1.29 is 19.5 Å². The van der Waals surface area contributed by atoms with Gasteiger partial charge in [0.25, 0.3) is 0 Å². The van der Waals surface area contributed by atoms with E-state index in [9.17, 15) is 0 Å². The summed E-state index contributed by atoms with van der Waals surface area (Å²) < 4.78 is 0. The molecule has 36 valence electrons. The van der Waals surface area contributed by atoms with Gasteiger partial charge in [-0.25, -0.2) is 12.1 Å². The number of hydrogen-bond acceptors (Lipinski definition) is 1. The van der Waals surface area contributed by atoms with Gasteiger partial charge in [0.2, 0.25) is 0 Å². The Morgan fingerprint density at radius 3 is 2.29 bits per heavy atom. The molecule has 0 saturated carbocycles. The second-order valence-electron chi connectivity index (χ2n) is 0.723. The summed E-state index contributed by atoms with van der Waals surface area (Å²) in [6, 6.07) is 4.77. The summed E-state index contributed by atoms with van der Waals surface area (Å²) in [6.07, 6.45) is 0. The van der Waals surface area contributed by atoms with E-state index in [1.807, 2.05) is 16.8 Å². The molecule has 0 atom stereocenters. The van der Waals surface area contributed by atoms with E-state index in [1.54, 1.807) is 11.3 Å². The second-order valence-corrected chi connectivity index (χ2v) is 1.50. The first kappa shape index (κ1) is 10.9. The van der Waals surface area contributed by atoms with Gasteiger partial charge in [0, 0.05) is 19.5 Å². The third-order valence-electron chi connectivity index (χ3n) is 0.379. The smallest absolute Gasteiger partial charge is 0 e. The van der Waals surface area contributed by atoms with E-state index in [1.165, 1.54) is 0 Å². The van der Waals surface area contributed by atoms with Gasteiger partial charge in [-0.05, 0) is 0 Å². The minimum atomic E-state index is 0. The quantitative estimate of drug-likeness (QED) is 0.387. The van der Waals surface area contributed by atoms with E-state index in [0.717, 1.165) is 0 Å². The molecule has 0 fully saturated rings. The van der Waals surface area contributed by atoms with Crippen molar-refractivity contribution in [2.45, 2.75) is 0 Å². The third kappa shape index (κ3) is 4.92. The van der Waals surface area contributed by atoms with Crippen molar-refractivity contribution >= 4 is 35.3 Å². The Morgan fingerprint density at radius 2 is 2.14 bits per heavy atom. The molecule has 3 heteroatoms. The maximum Gasteiger partial charge on any atom is 0 e. The minimum absolute atomic E-state index is 0. The molecule has 0 unspecified atom stereocenters. The van der Waals surface area contributed by atoms with E-state index < -0.39 is 0 Å². The maximum absolute atomic E-state index is 2.88. The van der Waals surface area contributed by atoms with Gasteiger partial charge in [-0.3, -0.25) is 11.3 Å². The molecular formula is C4H4ISZn-. The van der Waals surface area contributed by atoms with Crippen molar-refractivity contribution in [3.05, 3.63) is 22.9 Å². The van der Waals surface area contributed by atoms with Crippen molar-refractivity contribution in [3.63, 3.8) is 0 Å². The maximum atomic E-state index is 2.88. The summed E-state index contributed by atoms with van der Waals surface area (Å²) in [6.45, 7) is 0. The Bertz CT molecular complexity index is 68.2. The van der Waals surface area contributed by atoms with Crippen LogP contribution in [0.3, 0.4) is 0 Å². The molecule has 0 nitrogen and oxygen atoms in total. The molecule has 0 amide bonds. The van der Waals surface area contributed by atoms with E-state index in [0.29, 0.717) is 0 Å². The van der Waals surface area contributed by atoms with Crippen molar-refractivity contribution in [1.29, 1.82) is 0 Å². The fourth-order valence-electron chi connectivity index (χ4n) is 0.196. The van der Waals surface area contributed by atoms with Crippen molar-refractivity contribution in [2.24, 2.45) is 0 Å². The van der Waals surface area contributed by atoms with Gasteiger partial charge in [-0.1, -0.05) is 0 Å². The zero-order chi connectivity index (χ0) is 3.54. The Morgan fingerprint density at radius 1 is 1.43 bits per heavy atom. The monoisotopic (exact) mass is 275 g/mol. The van der Waals surface area contributed by atoms with E-state index in [4.69, 9.17) is 0 Å². The van der Waals surface area contributed by atoms with E-state index in [-0.39, 0.29) is 43.5 Å². The molecular weight excluding hydrogens is 272 g/mol. The Kier molecular flexibility index (Phi) is 11.0. The molecule has 0 aliphatic carbocycles. The van der Waals surface area contributed by atoms with Crippen LogP contribution in [0.4, 0.5) is 0 Å².